The Morgan fingerprint density at radius 3 is 2.62 bits per heavy atom. The molecule has 1 fully saturated rings. The van der Waals surface area contributed by atoms with E-state index in [9.17, 15) is 0 Å². The Morgan fingerprint density at radius 2 is 2.15 bits per heavy atom. The van der Waals surface area contributed by atoms with Crippen molar-refractivity contribution in [2.24, 2.45) is 0 Å². The molecule has 13 heavy (non-hydrogen) atoms. The van der Waals surface area contributed by atoms with E-state index in [1.165, 1.54) is 0 Å². The Labute approximate surface area is 79.9 Å². The van der Waals surface area contributed by atoms with Crippen LogP contribution in [-0.4, -0.2) is 19.0 Å². The number of hydrogen-bond donors (Lipinski definition) is 0. The van der Waals surface area contributed by atoms with Gasteiger partial charge in [0.15, 0.2) is 5.79 Å². The van der Waals surface area contributed by atoms with Gasteiger partial charge < -0.3 is 9.47 Å². The van der Waals surface area contributed by atoms with Crippen LogP contribution < -0.4 is 0 Å². The molecule has 0 aromatic carbocycles. The summed E-state index contributed by atoms with van der Waals surface area (Å²) in [5.41, 5.74) is 0.905. The molecule has 2 nitrogen and oxygen atoms in total. The van der Waals surface area contributed by atoms with E-state index in [-0.39, 0.29) is 0 Å². The van der Waals surface area contributed by atoms with Gasteiger partial charge in [-0.3, -0.25) is 0 Å². The maximum atomic E-state index is 5.61. The first-order valence-electron chi connectivity index (χ1n) is 4.58. The van der Waals surface area contributed by atoms with E-state index in [0.29, 0.717) is 12.8 Å². The maximum absolute atomic E-state index is 5.61. The van der Waals surface area contributed by atoms with E-state index >= 15 is 0 Å². The van der Waals surface area contributed by atoms with Crippen molar-refractivity contribution in [2.45, 2.75) is 32.0 Å². The van der Waals surface area contributed by atoms with Crippen molar-refractivity contribution in [1.82, 2.24) is 0 Å². The van der Waals surface area contributed by atoms with E-state index in [1.54, 1.807) is 0 Å². The Kier molecular flexibility index (Phi) is 3.53. The monoisotopic (exact) mass is 180 g/mol. The first-order valence-corrected chi connectivity index (χ1v) is 4.58. The van der Waals surface area contributed by atoms with Crippen molar-refractivity contribution in [2.75, 3.05) is 13.2 Å². The molecular weight excluding hydrogens is 164 g/mol. The standard InChI is InChI=1S/C11H16O2/c1-4-5-7-11(10(2)3)12-8-6-9-13-11/h1H,2,5-9H2,3H3. The van der Waals surface area contributed by atoms with Crippen LogP contribution in [0.1, 0.15) is 26.2 Å². The summed E-state index contributed by atoms with van der Waals surface area (Å²) in [5.74, 6) is 1.99. The van der Waals surface area contributed by atoms with Crippen LogP contribution >= 0.6 is 0 Å². The normalized spacial score (nSPS) is 20.6. The molecule has 1 rings (SSSR count). The summed E-state index contributed by atoms with van der Waals surface area (Å²) in [6, 6.07) is 0. The van der Waals surface area contributed by atoms with Crippen LogP contribution in [0.3, 0.4) is 0 Å². The Hall–Kier alpha value is -0.780. The van der Waals surface area contributed by atoms with Crippen LogP contribution in [0.5, 0.6) is 0 Å². The highest BCUT2D eigenvalue weighted by Crippen LogP contribution is 2.30. The van der Waals surface area contributed by atoms with Gasteiger partial charge in [-0.25, -0.2) is 0 Å². The lowest BCUT2D eigenvalue weighted by atomic mass is 10.0. The van der Waals surface area contributed by atoms with Crippen molar-refractivity contribution in [3.63, 3.8) is 0 Å². The van der Waals surface area contributed by atoms with Gasteiger partial charge in [0.1, 0.15) is 0 Å². The third kappa shape index (κ3) is 2.33. The van der Waals surface area contributed by atoms with Gasteiger partial charge in [-0.05, 0) is 18.9 Å². The summed E-state index contributed by atoms with van der Waals surface area (Å²) in [4.78, 5) is 0. The van der Waals surface area contributed by atoms with Gasteiger partial charge in [-0.2, -0.15) is 0 Å². The third-order valence-corrected chi connectivity index (χ3v) is 2.21. The van der Waals surface area contributed by atoms with Crippen LogP contribution in [0.2, 0.25) is 0 Å². The Bertz CT molecular complexity index is 219. The molecule has 0 saturated carbocycles. The summed E-state index contributed by atoms with van der Waals surface area (Å²) < 4.78 is 11.2. The fraction of sp³-hybridized carbons (Fsp3) is 0.636. The zero-order valence-electron chi connectivity index (χ0n) is 8.14. The smallest absolute Gasteiger partial charge is 0.191 e. The van der Waals surface area contributed by atoms with Crippen molar-refractivity contribution in [3.05, 3.63) is 12.2 Å². The highest BCUT2D eigenvalue weighted by Gasteiger charge is 2.34. The molecule has 0 amide bonds. The Balaban J connectivity index is 2.62. The number of hydrogen-bond acceptors (Lipinski definition) is 2. The first-order chi connectivity index (χ1) is 6.21. The van der Waals surface area contributed by atoms with E-state index < -0.39 is 5.79 Å². The minimum atomic E-state index is -0.607. The van der Waals surface area contributed by atoms with Crippen LogP contribution in [0.4, 0.5) is 0 Å². The zero-order chi connectivity index (χ0) is 9.73. The van der Waals surface area contributed by atoms with Gasteiger partial charge in [0.25, 0.3) is 0 Å². The fourth-order valence-corrected chi connectivity index (χ4v) is 1.42. The summed E-state index contributed by atoms with van der Waals surface area (Å²) in [6.45, 7) is 7.27. The lowest BCUT2D eigenvalue weighted by Crippen LogP contribution is -2.41. The van der Waals surface area contributed by atoms with Gasteiger partial charge in [-0.1, -0.05) is 6.58 Å². The Morgan fingerprint density at radius 1 is 1.54 bits per heavy atom. The average Bonchev–Trinajstić information content (AvgIpc) is 2.16. The SMILES string of the molecule is C#CCCC1(C(=C)C)OCCCO1. The van der Waals surface area contributed by atoms with Crippen LogP contribution in [0.15, 0.2) is 12.2 Å². The van der Waals surface area contributed by atoms with Gasteiger partial charge in [0.2, 0.25) is 0 Å². The number of ether oxygens (including phenoxy) is 2. The molecule has 0 atom stereocenters. The summed E-state index contributed by atoms with van der Waals surface area (Å²) in [5, 5.41) is 0. The van der Waals surface area contributed by atoms with Gasteiger partial charge in [-0.15, -0.1) is 12.3 Å². The van der Waals surface area contributed by atoms with Crippen LogP contribution in [0.25, 0.3) is 0 Å². The molecule has 0 N–H and O–H groups in total. The molecular formula is C11H16O2. The topological polar surface area (TPSA) is 18.5 Å². The first kappa shape index (κ1) is 10.3. The minimum absolute atomic E-state index is 0.607. The molecule has 1 aliphatic rings. The van der Waals surface area contributed by atoms with Crippen molar-refractivity contribution in [3.8, 4) is 12.3 Å². The molecule has 1 heterocycles. The molecule has 0 bridgehead atoms. The zero-order valence-corrected chi connectivity index (χ0v) is 8.14. The fourth-order valence-electron chi connectivity index (χ4n) is 1.42. The van der Waals surface area contributed by atoms with Gasteiger partial charge in [0, 0.05) is 12.8 Å². The van der Waals surface area contributed by atoms with Crippen molar-refractivity contribution < 1.29 is 9.47 Å². The molecule has 0 spiro atoms. The number of terminal acetylenes is 1. The summed E-state index contributed by atoms with van der Waals surface area (Å²) >= 11 is 0. The maximum Gasteiger partial charge on any atom is 0.191 e. The van der Waals surface area contributed by atoms with Crippen LogP contribution in [-0.2, 0) is 9.47 Å². The quantitative estimate of drug-likeness (QED) is 0.489. The molecule has 72 valence electrons. The second kappa shape index (κ2) is 4.45. The molecule has 0 radical (unpaired) electrons. The van der Waals surface area contributed by atoms with E-state index in [2.05, 4.69) is 12.5 Å². The highest BCUT2D eigenvalue weighted by molar-refractivity contribution is 5.07. The van der Waals surface area contributed by atoms with E-state index in [4.69, 9.17) is 15.9 Å². The van der Waals surface area contributed by atoms with Crippen molar-refractivity contribution in [1.29, 1.82) is 0 Å². The molecule has 0 aromatic heterocycles. The lowest BCUT2D eigenvalue weighted by Gasteiger charge is -2.37. The average molecular weight is 180 g/mol. The van der Waals surface area contributed by atoms with Crippen LogP contribution in [0, 0.1) is 12.3 Å². The number of rotatable bonds is 3. The predicted octanol–water partition coefficient (Wildman–Crippen LogP) is 2.11. The second-order valence-corrected chi connectivity index (χ2v) is 3.29. The van der Waals surface area contributed by atoms with Gasteiger partial charge >= 0.3 is 0 Å². The highest BCUT2D eigenvalue weighted by atomic mass is 16.7. The molecule has 0 aromatic rings. The van der Waals surface area contributed by atoms with E-state index in [1.807, 2.05) is 6.92 Å². The summed E-state index contributed by atoms with van der Waals surface area (Å²) in [6.07, 6.45) is 7.53. The molecule has 1 aliphatic heterocycles. The third-order valence-electron chi connectivity index (χ3n) is 2.21. The second-order valence-electron chi connectivity index (χ2n) is 3.29. The molecule has 1 saturated heterocycles. The summed E-state index contributed by atoms with van der Waals surface area (Å²) in [7, 11) is 0. The molecule has 0 aliphatic carbocycles. The lowest BCUT2D eigenvalue weighted by molar-refractivity contribution is -0.245. The minimum Gasteiger partial charge on any atom is -0.346 e. The van der Waals surface area contributed by atoms with Crippen molar-refractivity contribution >= 4 is 0 Å². The largest absolute Gasteiger partial charge is 0.346 e. The molecule has 0 unspecified atom stereocenters. The molecule has 2 heteroatoms. The van der Waals surface area contributed by atoms with Gasteiger partial charge in [0.05, 0.1) is 13.2 Å². The predicted molar refractivity (Wildman–Crippen MR) is 52.1 cm³/mol. The van der Waals surface area contributed by atoms with E-state index in [0.717, 1.165) is 25.2 Å².